The summed E-state index contributed by atoms with van der Waals surface area (Å²) in [6, 6.07) is 19.6. The fourth-order valence-electron chi connectivity index (χ4n) is 6.96. The van der Waals surface area contributed by atoms with Gasteiger partial charge in [-0.3, -0.25) is 0 Å². The van der Waals surface area contributed by atoms with Crippen LogP contribution in [0, 0.1) is 17.2 Å². The molecule has 0 spiro atoms. The molecule has 5 rings (SSSR count). The van der Waals surface area contributed by atoms with Gasteiger partial charge in [-0.05, 0) is 0 Å². The SMILES string of the molecule is CCC1=[C](/[Zr+2](=[CH]/c2ccc(F)cc2)[c]2cc(C(C)(C)C)cc3c2Cc2ccc(C(C)(C)C)cc2-3)C(CC)C=C1C(C)(C)C.[Cl-].[Cl-]. The first-order valence-corrected chi connectivity index (χ1v) is 20.2. The molecule has 0 aromatic heterocycles. The zero-order chi connectivity index (χ0) is 31.5. The minimum atomic E-state index is -2.72. The monoisotopic (exact) mass is 722 g/mol. The zero-order valence-corrected chi connectivity index (χ0v) is 33.2. The standard InChI is InChI=1S/C21H25.C13H21.C7H5F.2ClH.Zr/c1-20(2,3)16-9-7-14-11-15-8-10-17(21(4,5)6)13-19(15)18(14)12-16;1-6-10-8-11(7-2)12(9-10)13(3,4)5;1-6-2-4-7(8)5-3-6;;;/h7,9-10,12-13H,11H2,1-6H3;9-10H,6-7H2,1-5H3;1-5H;2*1H;/q;;;;;+2/p-2. The van der Waals surface area contributed by atoms with Gasteiger partial charge in [-0.2, -0.15) is 0 Å². The molecule has 0 bridgehead atoms. The van der Waals surface area contributed by atoms with E-state index in [1.54, 1.807) is 35.4 Å². The Morgan fingerprint density at radius 2 is 1.36 bits per heavy atom. The van der Waals surface area contributed by atoms with Gasteiger partial charge >= 0.3 is 270 Å². The second-order valence-electron chi connectivity index (χ2n) is 15.8. The number of rotatable bonds is 5. The number of fused-ring (bicyclic) bond motifs is 3. The summed E-state index contributed by atoms with van der Waals surface area (Å²) in [4.78, 5) is 0. The van der Waals surface area contributed by atoms with Gasteiger partial charge in [-0.15, -0.1) is 0 Å². The predicted molar refractivity (Wildman–Crippen MR) is 182 cm³/mol. The summed E-state index contributed by atoms with van der Waals surface area (Å²) < 4.78 is 20.1. The van der Waals surface area contributed by atoms with Crippen molar-refractivity contribution in [3.63, 3.8) is 0 Å². The average molecular weight is 725 g/mol. The molecule has 2 aliphatic carbocycles. The van der Waals surface area contributed by atoms with Crippen LogP contribution in [0.4, 0.5) is 4.39 Å². The number of halogens is 3. The summed E-state index contributed by atoms with van der Waals surface area (Å²) in [7, 11) is 0. The smallest absolute Gasteiger partial charge is 1.00 e. The molecule has 0 N–H and O–H groups in total. The van der Waals surface area contributed by atoms with Crippen LogP contribution in [0.2, 0.25) is 0 Å². The molecule has 1 atom stereocenters. The second kappa shape index (κ2) is 13.9. The molecule has 3 aromatic carbocycles. The Morgan fingerprint density at radius 3 is 1.89 bits per heavy atom. The van der Waals surface area contributed by atoms with Crippen LogP contribution in [0.3, 0.4) is 0 Å². The van der Waals surface area contributed by atoms with Gasteiger partial charge in [0, 0.05) is 0 Å². The Morgan fingerprint density at radius 1 is 0.756 bits per heavy atom. The molecule has 45 heavy (non-hydrogen) atoms. The molecule has 0 fully saturated rings. The van der Waals surface area contributed by atoms with Crippen LogP contribution in [-0.4, -0.2) is 3.71 Å². The van der Waals surface area contributed by atoms with Gasteiger partial charge in [0.25, 0.3) is 0 Å². The summed E-state index contributed by atoms with van der Waals surface area (Å²) in [5.74, 6) is 0.306. The van der Waals surface area contributed by atoms with Crippen LogP contribution >= 0.6 is 0 Å². The largest absolute Gasteiger partial charge is 1.00 e. The predicted octanol–water partition coefficient (Wildman–Crippen LogP) is 4.77. The van der Waals surface area contributed by atoms with E-state index in [1.807, 2.05) is 12.1 Å². The van der Waals surface area contributed by atoms with Gasteiger partial charge in [0.15, 0.2) is 0 Å². The van der Waals surface area contributed by atoms with Crippen LogP contribution in [-0.2, 0) is 38.5 Å². The molecule has 0 saturated heterocycles. The number of benzene rings is 3. The topological polar surface area (TPSA) is 0 Å². The Labute approximate surface area is 293 Å². The van der Waals surface area contributed by atoms with E-state index in [0.29, 0.717) is 5.92 Å². The van der Waals surface area contributed by atoms with Crippen LogP contribution < -0.4 is 28.1 Å². The van der Waals surface area contributed by atoms with E-state index >= 15 is 0 Å². The minimum Gasteiger partial charge on any atom is -1.00 e. The number of allylic oxidation sites excluding steroid dienone is 4. The van der Waals surface area contributed by atoms with E-state index in [-0.39, 0.29) is 46.9 Å². The van der Waals surface area contributed by atoms with Gasteiger partial charge in [0.2, 0.25) is 0 Å². The van der Waals surface area contributed by atoms with Crippen LogP contribution in [0.15, 0.2) is 75.1 Å². The maximum Gasteiger partial charge on any atom is -1.00 e. The Bertz CT molecular complexity index is 1650. The van der Waals surface area contributed by atoms with Crippen molar-refractivity contribution in [1.29, 1.82) is 0 Å². The van der Waals surface area contributed by atoms with Crippen LogP contribution in [0.5, 0.6) is 0 Å². The third-order valence-electron chi connectivity index (χ3n) is 9.50. The van der Waals surface area contributed by atoms with E-state index in [2.05, 4.69) is 116 Å². The molecule has 240 valence electrons. The molecule has 0 heterocycles. The third kappa shape index (κ3) is 7.61. The van der Waals surface area contributed by atoms with Crippen molar-refractivity contribution in [1.82, 2.24) is 0 Å². The van der Waals surface area contributed by atoms with Crippen molar-refractivity contribution in [3.8, 4) is 11.1 Å². The van der Waals surface area contributed by atoms with Gasteiger partial charge in [0.1, 0.15) is 0 Å². The van der Waals surface area contributed by atoms with E-state index in [9.17, 15) is 4.39 Å². The van der Waals surface area contributed by atoms with Crippen molar-refractivity contribution in [3.05, 3.63) is 109 Å². The van der Waals surface area contributed by atoms with Crippen molar-refractivity contribution in [2.45, 2.75) is 106 Å². The van der Waals surface area contributed by atoms with E-state index in [1.165, 1.54) is 33.4 Å². The fraction of sp³-hybridized carbons (Fsp3) is 0.439. The molecule has 2 aliphatic rings. The molecular formula is C41H51Cl2FZr. The van der Waals surface area contributed by atoms with Gasteiger partial charge in [-0.1, -0.05) is 0 Å². The van der Waals surface area contributed by atoms with Gasteiger partial charge in [0.05, 0.1) is 0 Å². The molecule has 0 aliphatic heterocycles. The Hall–Kier alpha value is -1.60. The van der Waals surface area contributed by atoms with Gasteiger partial charge in [-0.25, -0.2) is 0 Å². The molecule has 4 heteroatoms. The average Bonchev–Trinajstić information content (AvgIpc) is 3.49. The fourth-order valence-corrected chi connectivity index (χ4v) is 15.1. The number of hydrogen-bond acceptors (Lipinski definition) is 0. The normalized spacial score (nSPS) is 16.2. The zero-order valence-electron chi connectivity index (χ0n) is 29.2. The molecule has 3 aromatic rings. The van der Waals surface area contributed by atoms with Gasteiger partial charge < -0.3 is 24.8 Å². The second-order valence-corrected chi connectivity index (χ2v) is 21.2. The maximum absolute atomic E-state index is 14.1. The summed E-state index contributed by atoms with van der Waals surface area (Å²) in [5, 5.41) is 0. The summed E-state index contributed by atoms with van der Waals surface area (Å²) in [5.41, 5.74) is 13.3. The van der Waals surface area contributed by atoms with Crippen molar-refractivity contribution < 1.29 is 50.5 Å². The Balaban J connectivity index is 0.00000276. The first-order valence-electron chi connectivity index (χ1n) is 16.3. The molecular weight excluding hydrogens is 674 g/mol. The maximum atomic E-state index is 14.1. The molecule has 0 nitrogen and oxygen atoms in total. The molecule has 0 radical (unpaired) electrons. The molecule has 0 amide bonds. The summed E-state index contributed by atoms with van der Waals surface area (Å²) in [6.07, 6.45) is 5.80. The molecule has 0 saturated carbocycles. The quantitative estimate of drug-likeness (QED) is 0.279. The molecule has 1 unspecified atom stereocenters. The summed E-state index contributed by atoms with van der Waals surface area (Å²) >= 11 is -2.72. The van der Waals surface area contributed by atoms with Crippen LogP contribution in [0.1, 0.15) is 117 Å². The number of hydrogen-bond donors (Lipinski definition) is 0. The van der Waals surface area contributed by atoms with E-state index in [4.69, 9.17) is 0 Å². The van der Waals surface area contributed by atoms with E-state index < -0.39 is 21.3 Å². The first-order chi connectivity index (χ1) is 20.0. The van der Waals surface area contributed by atoms with Crippen molar-refractivity contribution >= 4 is 6.98 Å². The minimum absolute atomic E-state index is 0. The van der Waals surface area contributed by atoms with Crippen molar-refractivity contribution in [2.75, 3.05) is 0 Å². The Kier molecular flexibility index (Phi) is 11.7. The first kappa shape index (κ1) is 37.9. The third-order valence-corrected chi connectivity index (χ3v) is 16.6. The van der Waals surface area contributed by atoms with Crippen molar-refractivity contribution in [2.24, 2.45) is 11.3 Å². The summed E-state index contributed by atoms with van der Waals surface area (Å²) in [6.45, 7) is 25.8. The van der Waals surface area contributed by atoms with E-state index in [0.717, 1.165) is 19.3 Å². The van der Waals surface area contributed by atoms with Crippen LogP contribution in [0.25, 0.3) is 11.1 Å².